The van der Waals surface area contributed by atoms with Crippen LogP contribution in [-0.2, 0) is 4.74 Å². The zero-order chi connectivity index (χ0) is 23.9. The molecular formula is C24H26ClFN4O3. The van der Waals surface area contributed by atoms with E-state index in [1.54, 1.807) is 36.1 Å². The van der Waals surface area contributed by atoms with Crippen LogP contribution < -0.4 is 10.9 Å². The molecule has 3 atom stereocenters. The molecule has 0 saturated carbocycles. The van der Waals surface area contributed by atoms with Crippen molar-refractivity contribution >= 4 is 34.1 Å². The van der Waals surface area contributed by atoms with Gasteiger partial charge in [-0.1, -0.05) is 11.6 Å². The molecule has 33 heavy (non-hydrogen) atoms. The second kappa shape index (κ2) is 9.11. The average molecular weight is 473 g/mol. The zero-order valence-corrected chi connectivity index (χ0v) is 19.7. The molecule has 0 bridgehead atoms. The van der Waals surface area contributed by atoms with Gasteiger partial charge in [0.05, 0.1) is 34.8 Å². The summed E-state index contributed by atoms with van der Waals surface area (Å²) in [4.78, 5) is 33.8. The number of aryl methyl sites for hydroxylation is 1. The number of hydrogen-bond acceptors (Lipinski definition) is 5. The number of nitrogens with one attached hydrogen (secondary N) is 2. The summed E-state index contributed by atoms with van der Waals surface area (Å²) >= 11 is 6.44. The van der Waals surface area contributed by atoms with E-state index in [9.17, 15) is 14.0 Å². The Morgan fingerprint density at radius 1 is 1.27 bits per heavy atom. The van der Waals surface area contributed by atoms with Crippen LogP contribution in [0, 0.1) is 12.7 Å². The largest absolute Gasteiger partial charge is 0.376 e. The lowest BCUT2D eigenvalue weighted by Crippen LogP contribution is -2.48. The lowest BCUT2D eigenvalue weighted by molar-refractivity contribution is -0.0586. The maximum atomic E-state index is 14.9. The second-order valence-electron chi connectivity index (χ2n) is 8.57. The highest BCUT2D eigenvalue weighted by atomic mass is 35.5. The summed E-state index contributed by atoms with van der Waals surface area (Å²) in [6, 6.07) is 7.27. The summed E-state index contributed by atoms with van der Waals surface area (Å²) in [5, 5.41) is 3.91. The van der Waals surface area contributed by atoms with E-state index in [1.165, 1.54) is 6.07 Å². The minimum atomic E-state index is -0.547. The number of carbonyl (C=O) groups is 1. The number of ether oxygens (including phenoxy) is 1. The summed E-state index contributed by atoms with van der Waals surface area (Å²) in [7, 11) is 0. The number of carbonyl (C=O) groups excluding carboxylic acids is 1. The summed E-state index contributed by atoms with van der Waals surface area (Å²) in [6.07, 6.45) is -0.134. The molecule has 1 aliphatic heterocycles. The van der Waals surface area contributed by atoms with Gasteiger partial charge in [0.2, 0.25) is 0 Å². The number of amides is 1. The Morgan fingerprint density at radius 3 is 2.64 bits per heavy atom. The van der Waals surface area contributed by atoms with E-state index in [4.69, 9.17) is 16.3 Å². The van der Waals surface area contributed by atoms with Crippen LogP contribution in [0.3, 0.4) is 0 Å². The van der Waals surface area contributed by atoms with E-state index >= 15 is 0 Å². The molecule has 2 aromatic carbocycles. The number of aromatic nitrogens is 2. The van der Waals surface area contributed by atoms with Gasteiger partial charge in [-0.2, -0.15) is 0 Å². The van der Waals surface area contributed by atoms with Crippen molar-refractivity contribution in [2.45, 2.75) is 45.9 Å². The summed E-state index contributed by atoms with van der Waals surface area (Å²) in [5.74, 6) is -0.274. The number of rotatable bonds is 4. The summed E-state index contributed by atoms with van der Waals surface area (Å²) in [5.41, 5.74) is 1.39. The van der Waals surface area contributed by atoms with Gasteiger partial charge >= 0.3 is 0 Å². The molecule has 2 heterocycles. The number of halogens is 2. The highest BCUT2D eigenvalue weighted by Gasteiger charge is 2.27. The number of anilines is 1. The molecule has 1 aliphatic rings. The van der Waals surface area contributed by atoms with Gasteiger partial charge in [-0.25, -0.2) is 9.37 Å². The van der Waals surface area contributed by atoms with Crippen LogP contribution in [0.15, 0.2) is 35.1 Å². The third-order valence-corrected chi connectivity index (χ3v) is 6.03. The first kappa shape index (κ1) is 23.2. The van der Waals surface area contributed by atoms with Crippen LogP contribution in [0.4, 0.5) is 10.1 Å². The number of fused-ring (bicyclic) bond motifs is 1. The summed E-state index contributed by atoms with van der Waals surface area (Å²) < 4.78 is 20.6. The molecule has 0 spiro atoms. The summed E-state index contributed by atoms with van der Waals surface area (Å²) in [6.45, 7) is 8.27. The predicted octanol–water partition coefficient (Wildman–Crippen LogP) is 4.45. The number of aromatic amines is 1. The minimum Gasteiger partial charge on any atom is -0.376 e. The fourth-order valence-electron chi connectivity index (χ4n) is 4.23. The lowest BCUT2D eigenvalue weighted by Gasteiger charge is -2.35. The van der Waals surface area contributed by atoms with Gasteiger partial charge in [0.15, 0.2) is 0 Å². The third-order valence-electron chi connectivity index (χ3n) is 5.70. The van der Waals surface area contributed by atoms with Gasteiger partial charge in [0.1, 0.15) is 11.6 Å². The molecule has 1 fully saturated rings. The van der Waals surface area contributed by atoms with Crippen molar-refractivity contribution in [2.75, 3.05) is 18.4 Å². The first-order valence-corrected chi connectivity index (χ1v) is 11.2. The zero-order valence-electron chi connectivity index (χ0n) is 18.9. The van der Waals surface area contributed by atoms with Crippen LogP contribution in [0.1, 0.15) is 48.6 Å². The van der Waals surface area contributed by atoms with Crippen molar-refractivity contribution in [1.82, 2.24) is 14.9 Å². The first-order chi connectivity index (χ1) is 15.6. The molecule has 3 unspecified atom stereocenters. The van der Waals surface area contributed by atoms with Crippen LogP contribution in [-0.4, -0.2) is 46.1 Å². The van der Waals surface area contributed by atoms with E-state index in [0.717, 1.165) is 0 Å². The highest BCUT2D eigenvalue weighted by molar-refractivity contribution is 6.32. The molecule has 9 heteroatoms. The monoisotopic (exact) mass is 472 g/mol. The Labute approximate surface area is 195 Å². The fraction of sp³-hybridized carbons (Fsp3) is 0.375. The maximum Gasteiger partial charge on any atom is 0.258 e. The molecule has 4 rings (SSSR count). The standard InChI is InChI=1S/C24H26ClFN4O3/c1-12-10-30(11-13(2)33-12)24(32)16-5-6-21(20(26)7-16)27-14(3)17-8-18-22(9-19(17)25)28-15(4)29-23(18)31/h5-9,12-14,27H,10-11H2,1-4H3,(H,28,29,31). The molecule has 174 valence electrons. The number of H-pyrrole nitrogens is 1. The average Bonchev–Trinajstić information content (AvgIpc) is 2.73. The van der Waals surface area contributed by atoms with E-state index < -0.39 is 11.9 Å². The second-order valence-corrected chi connectivity index (χ2v) is 8.98. The Balaban J connectivity index is 1.55. The topological polar surface area (TPSA) is 87.3 Å². The van der Waals surface area contributed by atoms with Crippen molar-refractivity contribution in [3.8, 4) is 0 Å². The Morgan fingerprint density at radius 2 is 1.97 bits per heavy atom. The minimum absolute atomic E-state index is 0.0672. The SMILES string of the molecule is Cc1nc2cc(Cl)c(C(C)Nc3ccc(C(=O)N4CC(C)OC(C)C4)cc3F)cc2c(=O)[nH]1. The number of hydrogen-bond donors (Lipinski definition) is 2. The quantitative estimate of drug-likeness (QED) is 0.586. The Hall–Kier alpha value is -2.97. The third kappa shape index (κ3) is 4.86. The van der Waals surface area contributed by atoms with Crippen LogP contribution in [0.2, 0.25) is 5.02 Å². The van der Waals surface area contributed by atoms with Gasteiger partial charge in [0.25, 0.3) is 11.5 Å². The highest BCUT2D eigenvalue weighted by Crippen LogP contribution is 2.30. The number of morpholine rings is 1. The molecule has 2 N–H and O–H groups in total. The molecule has 7 nitrogen and oxygen atoms in total. The molecule has 1 saturated heterocycles. The number of nitrogens with zero attached hydrogens (tertiary/aromatic N) is 2. The van der Waals surface area contributed by atoms with E-state index in [2.05, 4.69) is 15.3 Å². The predicted molar refractivity (Wildman–Crippen MR) is 126 cm³/mol. The molecule has 1 aromatic heterocycles. The Bertz CT molecular complexity index is 1270. The van der Waals surface area contributed by atoms with Crippen LogP contribution >= 0.6 is 11.6 Å². The number of benzene rings is 2. The van der Waals surface area contributed by atoms with Gasteiger partial charge in [0, 0.05) is 23.7 Å². The van der Waals surface area contributed by atoms with Crippen molar-refractivity contribution in [3.63, 3.8) is 0 Å². The molecular weight excluding hydrogens is 447 g/mol. The molecule has 0 radical (unpaired) electrons. The van der Waals surface area contributed by atoms with Crippen molar-refractivity contribution < 1.29 is 13.9 Å². The fourth-order valence-corrected chi connectivity index (χ4v) is 4.55. The van der Waals surface area contributed by atoms with Crippen LogP contribution in [0.25, 0.3) is 10.9 Å². The van der Waals surface area contributed by atoms with E-state index in [1.807, 2.05) is 20.8 Å². The lowest BCUT2D eigenvalue weighted by atomic mass is 10.0. The van der Waals surface area contributed by atoms with Gasteiger partial charge in [-0.3, -0.25) is 9.59 Å². The molecule has 0 aliphatic carbocycles. The molecule has 3 aromatic rings. The van der Waals surface area contributed by atoms with Gasteiger partial charge in [-0.15, -0.1) is 0 Å². The van der Waals surface area contributed by atoms with Crippen molar-refractivity contribution in [1.29, 1.82) is 0 Å². The van der Waals surface area contributed by atoms with Crippen molar-refractivity contribution in [3.05, 3.63) is 68.5 Å². The van der Waals surface area contributed by atoms with E-state index in [0.29, 0.717) is 40.4 Å². The van der Waals surface area contributed by atoms with Gasteiger partial charge in [-0.05, 0) is 63.6 Å². The van der Waals surface area contributed by atoms with Crippen molar-refractivity contribution in [2.24, 2.45) is 0 Å². The maximum absolute atomic E-state index is 14.9. The van der Waals surface area contributed by atoms with Crippen LogP contribution in [0.5, 0.6) is 0 Å². The van der Waals surface area contributed by atoms with Gasteiger partial charge < -0.3 is 19.9 Å². The smallest absolute Gasteiger partial charge is 0.258 e. The Kier molecular flexibility index (Phi) is 6.41. The molecule has 1 amide bonds. The first-order valence-electron chi connectivity index (χ1n) is 10.8. The van der Waals surface area contributed by atoms with E-state index in [-0.39, 0.29) is 34.9 Å². The normalized spacial score (nSPS) is 19.5.